The van der Waals surface area contributed by atoms with E-state index in [1.54, 1.807) is 20.4 Å². The Bertz CT molecular complexity index is 323. The van der Waals surface area contributed by atoms with Crippen molar-refractivity contribution in [2.24, 2.45) is 5.41 Å². The van der Waals surface area contributed by atoms with E-state index < -0.39 is 0 Å². The van der Waals surface area contributed by atoms with E-state index in [-0.39, 0.29) is 5.41 Å². The second-order valence-corrected chi connectivity index (χ2v) is 4.84. The molecule has 17 heavy (non-hydrogen) atoms. The quantitative estimate of drug-likeness (QED) is 0.793. The number of anilines is 1. The zero-order valence-electron chi connectivity index (χ0n) is 11.1. The molecule has 0 aliphatic rings. The van der Waals surface area contributed by atoms with Crippen molar-refractivity contribution in [2.75, 3.05) is 32.7 Å². The fraction of sp³-hybridized carbons (Fsp3) is 0.615. The van der Waals surface area contributed by atoms with Crippen molar-refractivity contribution in [3.63, 3.8) is 0 Å². The van der Waals surface area contributed by atoms with Crippen LogP contribution < -0.4 is 10.1 Å². The summed E-state index contributed by atoms with van der Waals surface area (Å²) >= 11 is 0. The number of ether oxygens (including phenoxy) is 2. The lowest BCUT2D eigenvalue weighted by Gasteiger charge is -2.24. The SMILES string of the molecule is COCCC(C)(C)CNc1ccc(OC)cn1. The van der Waals surface area contributed by atoms with Crippen LogP contribution in [0.1, 0.15) is 20.3 Å². The normalized spacial score (nSPS) is 11.3. The molecule has 0 atom stereocenters. The molecule has 1 heterocycles. The summed E-state index contributed by atoms with van der Waals surface area (Å²) < 4.78 is 10.2. The van der Waals surface area contributed by atoms with Gasteiger partial charge in [-0.15, -0.1) is 0 Å². The highest BCUT2D eigenvalue weighted by atomic mass is 16.5. The molecule has 0 aliphatic heterocycles. The van der Waals surface area contributed by atoms with Crippen molar-refractivity contribution >= 4 is 5.82 Å². The fourth-order valence-corrected chi connectivity index (χ4v) is 1.40. The van der Waals surface area contributed by atoms with Gasteiger partial charge in [0.25, 0.3) is 0 Å². The number of hydrogen-bond donors (Lipinski definition) is 1. The van der Waals surface area contributed by atoms with Gasteiger partial charge in [0.2, 0.25) is 0 Å². The van der Waals surface area contributed by atoms with E-state index in [0.717, 1.165) is 31.1 Å². The zero-order valence-corrected chi connectivity index (χ0v) is 11.1. The Labute approximate surface area is 103 Å². The zero-order chi connectivity index (χ0) is 12.7. The van der Waals surface area contributed by atoms with Crippen LogP contribution in [0.4, 0.5) is 5.82 Å². The van der Waals surface area contributed by atoms with Gasteiger partial charge in [-0.1, -0.05) is 13.8 Å². The number of aromatic nitrogens is 1. The highest BCUT2D eigenvalue weighted by molar-refractivity contribution is 5.37. The minimum absolute atomic E-state index is 0.192. The highest BCUT2D eigenvalue weighted by Crippen LogP contribution is 2.21. The number of nitrogens with zero attached hydrogens (tertiary/aromatic N) is 1. The van der Waals surface area contributed by atoms with Crippen molar-refractivity contribution < 1.29 is 9.47 Å². The van der Waals surface area contributed by atoms with E-state index in [4.69, 9.17) is 9.47 Å². The molecule has 0 spiro atoms. The molecule has 0 aromatic carbocycles. The van der Waals surface area contributed by atoms with E-state index >= 15 is 0 Å². The molecule has 0 bridgehead atoms. The third-order valence-electron chi connectivity index (χ3n) is 2.70. The first-order valence-corrected chi connectivity index (χ1v) is 5.80. The average molecular weight is 238 g/mol. The van der Waals surface area contributed by atoms with Crippen LogP contribution in [0, 0.1) is 5.41 Å². The standard InChI is InChI=1S/C13H22N2O2/c1-13(2,7-8-16-3)10-15-12-6-5-11(17-4)9-14-12/h5-6,9H,7-8,10H2,1-4H3,(H,14,15). The molecule has 96 valence electrons. The van der Waals surface area contributed by atoms with E-state index in [0.29, 0.717) is 0 Å². The van der Waals surface area contributed by atoms with Crippen LogP contribution in [0.5, 0.6) is 5.75 Å². The summed E-state index contributed by atoms with van der Waals surface area (Å²) in [7, 11) is 3.37. The summed E-state index contributed by atoms with van der Waals surface area (Å²) in [6.07, 6.45) is 2.73. The second kappa shape index (κ2) is 6.45. The van der Waals surface area contributed by atoms with Gasteiger partial charge in [0.1, 0.15) is 11.6 Å². The predicted octanol–water partition coefficient (Wildman–Crippen LogP) is 2.56. The largest absolute Gasteiger partial charge is 0.495 e. The van der Waals surface area contributed by atoms with E-state index in [2.05, 4.69) is 24.1 Å². The van der Waals surface area contributed by atoms with Crippen molar-refractivity contribution in [1.82, 2.24) is 4.98 Å². The number of methoxy groups -OCH3 is 2. The first kappa shape index (κ1) is 13.8. The van der Waals surface area contributed by atoms with Crippen molar-refractivity contribution in [3.8, 4) is 5.75 Å². The van der Waals surface area contributed by atoms with Gasteiger partial charge >= 0.3 is 0 Å². The predicted molar refractivity (Wildman–Crippen MR) is 69.6 cm³/mol. The number of rotatable bonds is 7. The van der Waals surface area contributed by atoms with Crippen LogP contribution in [0.25, 0.3) is 0 Å². The maximum atomic E-state index is 5.10. The summed E-state index contributed by atoms with van der Waals surface area (Å²) in [5.41, 5.74) is 0.192. The highest BCUT2D eigenvalue weighted by Gasteiger charge is 2.17. The van der Waals surface area contributed by atoms with Gasteiger partial charge in [0, 0.05) is 20.3 Å². The van der Waals surface area contributed by atoms with Crippen molar-refractivity contribution in [2.45, 2.75) is 20.3 Å². The molecule has 0 aliphatic carbocycles. The van der Waals surface area contributed by atoms with Crippen LogP contribution in [0.2, 0.25) is 0 Å². The van der Waals surface area contributed by atoms with Crippen molar-refractivity contribution in [1.29, 1.82) is 0 Å². The third kappa shape index (κ3) is 5.04. The molecule has 0 radical (unpaired) electrons. The summed E-state index contributed by atoms with van der Waals surface area (Å²) in [5, 5.41) is 3.32. The van der Waals surface area contributed by atoms with Gasteiger partial charge < -0.3 is 14.8 Å². The van der Waals surface area contributed by atoms with Gasteiger partial charge in [0.05, 0.1) is 13.3 Å². The Morgan fingerprint density at radius 1 is 1.29 bits per heavy atom. The van der Waals surface area contributed by atoms with Gasteiger partial charge in [0.15, 0.2) is 0 Å². The van der Waals surface area contributed by atoms with Crippen LogP contribution in [-0.4, -0.2) is 32.4 Å². The maximum absolute atomic E-state index is 5.10. The van der Waals surface area contributed by atoms with Gasteiger partial charge in [-0.3, -0.25) is 0 Å². The third-order valence-corrected chi connectivity index (χ3v) is 2.70. The molecule has 0 saturated carbocycles. The molecule has 4 heteroatoms. The van der Waals surface area contributed by atoms with Crippen LogP contribution in [0.15, 0.2) is 18.3 Å². The monoisotopic (exact) mass is 238 g/mol. The molecule has 1 rings (SSSR count). The number of hydrogen-bond acceptors (Lipinski definition) is 4. The summed E-state index contributed by atoms with van der Waals surface area (Å²) in [4.78, 5) is 4.27. The fourth-order valence-electron chi connectivity index (χ4n) is 1.40. The summed E-state index contributed by atoms with van der Waals surface area (Å²) in [6.45, 7) is 6.07. The average Bonchev–Trinajstić information content (AvgIpc) is 2.35. The number of pyridine rings is 1. The Balaban J connectivity index is 2.43. The first-order valence-electron chi connectivity index (χ1n) is 5.80. The Morgan fingerprint density at radius 3 is 2.59 bits per heavy atom. The molecule has 0 fully saturated rings. The maximum Gasteiger partial charge on any atom is 0.137 e. The molecular weight excluding hydrogens is 216 g/mol. The minimum atomic E-state index is 0.192. The van der Waals surface area contributed by atoms with Gasteiger partial charge in [-0.05, 0) is 24.0 Å². The number of nitrogens with one attached hydrogen (secondary N) is 1. The summed E-state index contributed by atoms with van der Waals surface area (Å²) in [5.74, 6) is 1.64. The van der Waals surface area contributed by atoms with Crippen LogP contribution >= 0.6 is 0 Å². The Kier molecular flexibility index (Phi) is 5.22. The Morgan fingerprint density at radius 2 is 2.06 bits per heavy atom. The molecule has 1 aromatic heterocycles. The van der Waals surface area contributed by atoms with Crippen LogP contribution in [0.3, 0.4) is 0 Å². The lowest BCUT2D eigenvalue weighted by Crippen LogP contribution is -2.24. The second-order valence-electron chi connectivity index (χ2n) is 4.84. The molecule has 0 saturated heterocycles. The first-order chi connectivity index (χ1) is 8.07. The van der Waals surface area contributed by atoms with Gasteiger partial charge in [-0.25, -0.2) is 4.98 Å². The molecular formula is C13H22N2O2. The lowest BCUT2D eigenvalue weighted by atomic mass is 9.90. The minimum Gasteiger partial charge on any atom is -0.495 e. The van der Waals surface area contributed by atoms with Crippen molar-refractivity contribution in [3.05, 3.63) is 18.3 Å². The smallest absolute Gasteiger partial charge is 0.137 e. The summed E-state index contributed by atoms with van der Waals surface area (Å²) in [6, 6.07) is 3.82. The van der Waals surface area contributed by atoms with E-state index in [9.17, 15) is 0 Å². The Hall–Kier alpha value is -1.29. The molecule has 0 unspecified atom stereocenters. The van der Waals surface area contributed by atoms with Gasteiger partial charge in [-0.2, -0.15) is 0 Å². The molecule has 4 nitrogen and oxygen atoms in total. The van der Waals surface area contributed by atoms with E-state index in [1.165, 1.54) is 0 Å². The topological polar surface area (TPSA) is 43.4 Å². The molecule has 1 N–H and O–H groups in total. The lowest BCUT2D eigenvalue weighted by molar-refractivity contribution is 0.157. The van der Waals surface area contributed by atoms with E-state index in [1.807, 2.05) is 12.1 Å². The molecule has 1 aromatic rings. The van der Waals surface area contributed by atoms with Crippen LogP contribution in [-0.2, 0) is 4.74 Å². The molecule has 0 amide bonds.